The molecule has 0 radical (unpaired) electrons. The molecule has 2 heterocycles. The largest absolute Gasteiger partial charge is 0.465 e. The summed E-state index contributed by atoms with van der Waals surface area (Å²) in [5, 5.41) is 4.28. The Kier molecular flexibility index (Phi) is 7.56. The second-order valence-corrected chi connectivity index (χ2v) is 10.0. The van der Waals surface area contributed by atoms with Crippen molar-refractivity contribution in [3.63, 3.8) is 0 Å². The highest BCUT2D eigenvalue weighted by molar-refractivity contribution is 7.92. The van der Waals surface area contributed by atoms with Gasteiger partial charge in [-0.2, -0.15) is 5.10 Å². The molecular weight excluding hydrogens is 483 g/mol. The van der Waals surface area contributed by atoms with E-state index >= 15 is 0 Å². The van der Waals surface area contributed by atoms with Crippen LogP contribution in [0.1, 0.15) is 35.3 Å². The Hall–Kier alpha value is -3.50. The highest BCUT2D eigenvalue weighted by Gasteiger charge is 2.28. The van der Waals surface area contributed by atoms with Gasteiger partial charge in [0, 0.05) is 24.8 Å². The van der Waals surface area contributed by atoms with Crippen LogP contribution in [0.2, 0.25) is 0 Å². The molecule has 0 spiro atoms. The molecule has 190 valence electrons. The van der Waals surface area contributed by atoms with E-state index in [1.54, 1.807) is 24.4 Å². The number of fused-ring (bicyclic) bond motifs is 3. The summed E-state index contributed by atoms with van der Waals surface area (Å²) in [5.41, 5.74) is 2.81. The zero-order chi connectivity index (χ0) is 25.9. The number of carbonyl (C=O) groups excluding carboxylic acids is 1. The van der Waals surface area contributed by atoms with Gasteiger partial charge in [0.05, 0.1) is 29.0 Å². The van der Waals surface area contributed by atoms with E-state index in [0.717, 1.165) is 30.4 Å². The minimum Gasteiger partial charge on any atom is -0.465 e. The zero-order valence-corrected chi connectivity index (χ0v) is 21.3. The highest BCUT2D eigenvalue weighted by Crippen LogP contribution is 2.36. The number of likely N-dealkylation sites (N-methyl/N-ethyl adjacent to an activating group) is 1. The average Bonchev–Trinajstić information content (AvgIpc) is 3.35. The number of aryl methyl sites for hydroxylation is 1. The van der Waals surface area contributed by atoms with E-state index in [0.29, 0.717) is 25.1 Å². The lowest BCUT2D eigenvalue weighted by molar-refractivity contribution is 0.0600. The van der Waals surface area contributed by atoms with Crippen LogP contribution in [0.4, 0.5) is 10.1 Å². The van der Waals surface area contributed by atoms with Crippen molar-refractivity contribution in [2.75, 3.05) is 31.5 Å². The number of anilines is 1. The number of sulfonamides is 1. The van der Waals surface area contributed by atoms with Crippen molar-refractivity contribution in [3.05, 3.63) is 71.2 Å². The minimum absolute atomic E-state index is 0.0914. The van der Waals surface area contributed by atoms with Crippen LogP contribution >= 0.6 is 0 Å². The minimum atomic E-state index is -4.17. The number of nitrogens with one attached hydrogen (secondary N) is 1. The first-order valence-electron chi connectivity index (χ1n) is 11.8. The van der Waals surface area contributed by atoms with Gasteiger partial charge in [0.15, 0.2) is 0 Å². The number of carbonyl (C=O) groups is 1. The third-order valence-corrected chi connectivity index (χ3v) is 7.77. The molecule has 0 saturated heterocycles. The standard InChI is InChI=1S/C26H29FN4O4S/c1-4-30(5-2)15-6-7-18-17-19(27)8-11-24(18)36(33,34)29-22-10-9-20-21(25(22)26(32)35-3)13-16-31-23(20)12-14-28-31/h6-12,14,17,29H,4-5,13,15-16H2,1-3H3. The van der Waals surface area contributed by atoms with Crippen molar-refractivity contribution < 1.29 is 22.3 Å². The van der Waals surface area contributed by atoms with Gasteiger partial charge in [-0.1, -0.05) is 32.1 Å². The number of rotatable bonds is 9. The first-order chi connectivity index (χ1) is 17.3. The lowest BCUT2D eigenvalue weighted by Crippen LogP contribution is -2.22. The van der Waals surface area contributed by atoms with Crippen LogP contribution in [0.15, 0.2) is 53.6 Å². The second-order valence-electron chi connectivity index (χ2n) is 8.37. The third-order valence-electron chi connectivity index (χ3n) is 6.33. The quantitative estimate of drug-likeness (QED) is 0.432. The van der Waals surface area contributed by atoms with Gasteiger partial charge in [-0.15, -0.1) is 0 Å². The summed E-state index contributed by atoms with van der Waals surface area (Å²) in [6.07, 6.45) is 5.58. The maximum atomic E-state index is 14.1. The summed E-state index contributed by atoms with van der Waals surface area (Å²) in [6, 6.07) is 8.67. The molecule has 1 aliphatic heterocycles. The summed E-state index contributed by atoms with van der Waals surface area (Å²) in [7, 11) is -2.91. The topological polar surface area (TPSA) is 93.5 Å². The van der Waals surface area contributed by atoms with Gasteiger partial charge in [-0.25, -0.2) is 17.6 Å². The molecule has 0 saturated carbocycles. The first-order valence-corrected chi connectivity index (χ1v) is 13.2. The SMILES string of the molecule is CCN(CC)CC=Cc1cc(F)ccc1S(=O)(=O)Nc1ccc2c(c1C(=O)OC)CCn1nccc1-2. The first kappa shape index (κ1) is 25.6. The number of hydrogen-bond acceptors (Lipinski definition) is 6. The van der Waals surface area contributed by atoms with E-state index in [9.17, 15) is 17.6 Å². The number of aromatic nitrogens is 2. The monoisotopic (exact) mass is 512 g/mol. The molecule has 0 amide bonds. The molecule has 2 aromatic carbocycles. The zero-order valence-electron chi connectivity index (χ0n) is 20.5. The fraction of sp³-hybridized carbons (Fsp3) is 0.308. The maximum absolute atomic E-state index is 14.1. The van der Waals surface area contributed by atoms with E-state index < -0.39 is 21.8 Å². The van der Waals surface area contributed by atoms with Gasteiger partial charge in [0.1, 0.15) is 5.82 Å². The number of esters is 1. The lowest BCUT2D eigenvalue weighted by Gasteiger charge is -2.23. The van der Waals surface area contributed by atoms with Gasteiger partial charge in [-0.05, 0) is 61.0 Å². The molecule has 0 bridgehead atoms. The number of methoxy groups -OCH3 is 1. The molecule has 10 heteroatoms. The van der Waals surface area contributed by atoms with E-state index in [2.05, 4.69) is 14.7 Å². The summed E-state index contributed by atoms with van der Waals surface area (Å²) in [5.74, 6) is -1.19. The number of hydrogen-bond donors (Lipinski definition) is 1. The van der Waals surface area contributed by atoms with Crippen molar-refractivity contribution in [1.29, 1.82) is 0 Å². The van der Waals surface area contributed by atoms with Crippen LogP contribution in [0.3, 0.4) is 0 Å². The van der Waals surface area contributed by atoms with Gasteiger partial charge in [0.25, 0.3) is 10.0 Å². The Morgan fingerprint density at radius 1 is 1.22 bits per heavy atom. The van der Waals surface area contributed by atoms with Crippen molar-refractivity contribution in [2.45, 2.75) is 31.7 Å². The Morgan fingerprint density at radius 3 is 2.72 bits per heavy atom. The van der Waals surface area contributed by atoms with E-state index in [1.165, 1.54) is 19.2 Å². The smallest absolute Gasteiger partial charge is 0.340 e. The Bertz CT molecular complexity index is 1410. The van der Waals surface area contributed by atoms with Crippen LogP contribution in [0.5, 0.6) is 0 Å². The fourth-order valence-corrected chi connectivity index (χ4v) is 5.68. The van der Waals surface area contributed by atoms with Gasteiger partial charge in [0.2, 0.25) is 0 Å². The van der Waals surface area contributed by atoms with Crippen LogP contribution in [0, 0.1) is 5.82 Å². The average molecular weight is 513 g/mol. The van der Waals surface area contributed by atoms with Gasteiger partial charge < -0.3 is 9.64 Å². The van der Waals surface area contributed by atoms with E-state index in [4.69, 9.17) is 4.74 Å². The van der Waals surface area contributed by atoms with Crippen molar-refractivity contribution in [2.24, 2.45) is 0 Å². The van der Waals surface area contributed by atoms with Crippen molar-refractivity contribution in [3.8, 4) is 11.3 Å². The van der Waals surface area contributed by atoms with Crippen LogP contribution in [-0.2, 0) is 27.7 Å². The van der Waals surface area contributed by atoms with Gasteiger partial charge >= 0.3 is 5.97 Å². The van der Waals surface area contributed by atoms with Crippen molar-refractivity contribution >= 4 is 27.8 Å². The molecule has 1 N–H and O–H groups in total. The molecule has 1 aromatic heterocycles. The summed E-state index contributed by atoms with van der Waals surface area (Å²) in [6.45, 7) is 6.90. The number of ether oxygens (including phenoxy) is 1. The van der Waals surface area contributed by atoms with Crippen LogP contribution in [-0.4, -0.2) is 55.8 Å². The molecule has 0 aliphatic carbocycles. The fourth-order valence-electron chi connectivity index (χ4n) is 4.43. The van der Waals surface area contributed by atoms with E-state index in [1.807, 2.05) is 30.7 Å². The Labute approximate surface area is 210 Å². The summed E-state index contributed by atoms with van der Waals surface area (Å²) in [4.78, 5) is 14.9. The summed E-state index contributed by atoms with van der Waals surface area (Å²) >= 11 is 0. The van der Waals surface area contributed by atoms with Crippen LogP contribution in [0.25, 0.3) is 17.3 Å². The Morgan fingerprint density at radius 2 is 2.00 bits per heavy atom. The number of halogens is 1. The number of nitrogens with zero attached hydrogens (tertiary/aromatic N) is 3. The second kappa shape index (κ2) is 10.6. The summed E-state index contributed by atoms with van der Waals surface area (Å²) < 4.78 is 50.4. The molecule has 8 nitrogen and oxygen atoms in total. The maximum Gasteiger partial charge on any atom is 0.340 e. The lowest BCUT2D eigenvalue weighted by atomic mass is 9.92. The molecule has 0 atom stereocenters. The predicted octanol–water partition coefficient (Wildman–Crippen LogP) is 4.19. The number of benzene rings is 2. The molecule has 36 heavy (non-hydrogen) atoms. The predicted molar refractivity (Wildman–Crippen MR) is 137 cm³/mol. The van der Waals surface area contributed by atoms with Crippen LogP contribution < -0.4 is 4.72 Å². The van der Waals surface area contributed by atoms with Crippen molar-refractivity contribution in [1.82, 2.24) is 14.7 Å². The molecular formula is C26H29FN4O4S. The molecule has 1 aliphatic rings. The van der Waals surface area contributed by atoms with E-state index in [-0.39, 0.29) is 21.7 Å². The highest BCUT2D eigenvalue weighted by atomic mass is 32.2. The Balaban J connectivity index is 1.73. The normalized spacial score (nSPS) is 13.0. The molecule has 4 rings (SSSR count). The molecule has 3 aromatic rings. The van der Waals surface area contributed by atoms with Gasteiger partial charge in [-0.3, -0.25) is 9.40 Å². The molecule has 0 unspecified atom stereocenters. The molecule has 0 fully saturated rings. The third kappa shape index (κ3) is 5.05.